The SMILES string of the molecule is CCCNc1ccc(-c2ccccc2F)nn1. The molecule has 0 saturated heterocycles. The molecule has 0 aliphatic carbocycles. The van der Waals surface area contributed by atoms with Gasteiger partial charge in [0.05, 0.1) is 5.69 Å². The number of hydrogen-bond acceptors (Lipinski definition) is 3. The number of nitrogens with one attached hydrogen (secondary N) is 1. The third kappa shape index (κ3) is 2.78. The minimum atomic E-state index is -0.281. The lowest BCUT2D eigenvalue weighted by atomic mass is 10.1. The first-order valence-electron chi connectivity index (χ1n) is 5.63. The molecule has 0 spiro atoms. The summed E-state index contributed by atoms with van der Waals surface area (Å²) >= 11 is 0. The van der Waals surface area contributed by atoms with Gasteiger partial charge in [-0.15, -0.1) is 10.2 Å². The highest BCUT2D eigenvalue weighted by molar-refractivity contribution is 5.60. The molecule has 1 aromatic carbocycles. The molecule has 2 rings (SSSR count). The van der Waals surface area contributed by atoms with Gasteiger partial charge in [-0.1, -0.05) is 19.1 Å². The maximum absolute atomic E-state index is 13.5. The highest BCUT2D eigenvalue weighted by Gasteiger charge is 2.05. The molecule has 1 aromatic heterocycles. The van der Waals surface area contributed by atoms with Crippen LogP contribution in [0.15, 0.2) is 36.4 Å². The lowest BCUT2D eigenvalue weighted by molar-refractivity contribution is 0.630. The summed E-state index contributed by atoms with van der Waals surface area (Å²) in [6.45, 7) is 2.93. The smallest absolute Gasteiger partial charge is 0.148 e. The van der Waals surface area contributed by atoms with Crippen molar-refractivity contribution in [2.24, 2.45) is 0 Å². The van der Waals surface area contributed by atoms with Crippen molar-refractivity contribution in [2.45, 2.75) is 13.3 Å². The predicted molar refractivity (Wildman–Crippen MR) is 66.2 cm³/mol. The van der Waals surface area contributed by atoms with E-state index in [2.05, 4.69) is 22.4 Å². The van der Waals surface area contributed by atoms with Gasteiger partial charge >= 0.3 is 0 Å². The van der Waals surface area contributed by atoms with Gasteiger partial charge in [0.1, 0.15) is 11.6 Å². The molecule has 0 amide bonds. The predicted octanol–water partition coefficient (Wildman–Crippen LogP) is 3.10. The topological polar surface area (TPSA) is 37.8 Å². The maximum Gasteiger partial charge on any atom is 0.148 e. The minimum Gasteiger partial charge on any atom is -0.369 e. The van der Waals surface area contributed by atoms with E-state index in [1.165, 1.54) is 6.07 Å². The van der Waals surface area contributed by atoms with E-state index in [1.54, 1.807) is 24.3 Å². The first-order chi connectivity index (χ1) is 8.31. The third-order valence-electron chi connectivity index (χ3n) is 2.37. The summed E-state index contributed by atoms with van der Waals surface area (Å²) < 4.78 is 13.5. The Balaban J connectivity index is 2.21. The van der Waals surface area contributed by atoms with E-state index in [-0.39, 0.29) is 5.82 Å². The Morgan fingerprint density at radius 3 is 2.59 bits per heavy atom. The number of anilines is 1. The van der Waals surface area contributed by atoms with Crippen LogP contribution in [-0.4, -0.2) is 16.7 Å². The third-order valence-corrected chi connectivity index (χ3v) is 2.37. The second-order valence-electron chi connectivity index (χ2n) is 3.71. The van der Waals surface area contributed by atoms with Gasteiger partial charge in [0.15, 0.2) is 0 Å². The summed E-state index contributed by atoms with van der Waals surface area (Å²) in [5.41, 5.74) is 1.02. The van der Waals surface area contributed by atoms with Crippen LogP contribution in [0.2, 0.25) is 0 Å². The van der Waals surface area contributed by atoms with Crippen molar-refractivity contribution < 1.29 is 4.39 Å². The molecule has 3 nitrogen and oxygen atoms in total. The Labute approximate surface area is 99.7 Å². The van der Waals surface area contributed by atoms with Gasteiger partial charge in [-0.05, 0) is 30.7 Å². The Morgan fingerprint density at radius 1 is 1.12 bits per heavy atom. The summed E-state index contributed by atoms with van der Waals surface area (Å²) in [5, 5.41) is 11.1. The van der Waals surface area contributed by atoms with Crippen molar-refractivity contribution in [2.75, 3.05) is 11.9 Å². The van der Waals surface area contributed by atoms with E-state index in [1.807, 2.05) is 6.07 Å². The lowest BCUT2D eigenvalue weighted by Gasteiger charge is -2.04. The van der Waals surface area contributed by atoms with Gasteiger partial charge in [-0.3, -0.25) is 0 Å². The molecule has 0 atom stereocenters. The summed E-state index contributed by atoms with van der Waals surface area (Å²) in [7, 11) is 0. The average Bonchev–Trinajstić information content (AvgIpc) is 2.38. The molecule has 0 fully saturated rings. The van der Waals surface area contributed by atoms with E-state index in [9.17, 15) is 4.39 Å². The molecule has 17 heavy (non-hydrogen) atoms. The zero-order chi connectivity index (χ0) is 12.1. The Bertz CT molecular complexity index is 482. The second-order valence-corrected chi connectivity index (χ2v) is 3.71. The normalized spacial score (nSPS) is 10.2. The van der Waals surface area contributed by atoms with Gasteiger partial charge in [0, 0.05) is 12.1 Å². The average molecular weight is 231 g/mol. The molecule has 1 N–H and O–H groups in total. The van der Waals surface area contributed by atoms with Crippen molar-refractivity contribution in [3.8, 4) is 11.3 Å². The highest BCUT2D eigenvalue weighted by Crippen LogP contribution is 2.20. The molecule has 0 bridgehead atoms. The number of aromatic nitrogens is 2. The van der Waals surface area contributed by atoms with Crippen molar-refractivity contribution in [1.29, 1.82) is 0 Å². The van der Waals surface area contributed by atoms with E-state index in [0.29, 0.717) is 17.1 Å². The van der Waals surface area contributed by atoms with E-state index < -0.39 is 0 Å². The Hall–Kier alpha value is -1.97. The molecule has 1 heterocycles. The van der Waals surface area contributed by atoms with Crippen LogP contribution in [0, 0.1) is 5.82 Å². The highest BCUT2D eigenvalue weighted by atomic mass is 19.1. The van der Waals surface area contributed by atoms with Crippen LogP contribution >= 0.6 is 0 Å². The quantitative estimate of drug-likeness (QED) is 0.878. The van der Waals surface area contributed by atoms with Crippen LogP contribution in [0.3, 0.4) is 0 Å². The van der Waals surface area contributed by atoms with E-state index in [4.69, 9.17) is 0 Å². The fraction of sp³-hybridized carbons (Fsp3) is 0.231. The lowest BCUT2D eigenvalue weighted by Crippen LogP contribution is -2.03. The van der Waals surface area contributed by atoms with Gasteiger partial charge in [0.25, 0.3) is 0 Å². The molecule has 0 saturated carbocycles. The summed E-state index contributed by atoms with van der Waals surface area (Å²) in [6.07, 6.45) is 1.02. The molecule has 0 aliphatic rings. The number of rotatable bonds is 4. The van der Waals surface area contributed by atoms with Crippen LogP contribution in [0.25, 0.3) is 11.3 Å². The first kappa shape index (κ1) is 11.5. The fourth-order valence-corrected chi connectivity index (χ4v) is 1.49. The standard InChI is InChI=1S/C13H14FN3/c1-2-9-15-13-8-7-12(16-17-13)10-5-3-4-6-11(10)14/h3-8H,2,9H2,1H3,(H,15,17). The maximum atomic E-state index is 13.5. The largest absolute Gasteiger partial charge is 0.369 e. The zero-order valence-corrected chi connectivity index (χ0v) is 9.65. The van der Waals surface area contributed by atoms with Gasteiger partial charge in [-0.2, -0.15) is 0 Å². The molecule has 2 aromatic rings. The molecule has 88 valence electrons. The second kappa shape index (κ2) is 5.39. The number of hydrogen-bond donors (Lipinski definition) is 1. The summed E-state index contributed by atoms with van der Waals surface area (Å²) in [5.74, 6) is 0.433. The van der Waals surface area contributed by atoms with Gasteiger partial charge < -0.3 is 5.32 Å². The zero-order valence-electron chi connectivity index (χ0n) is 9.65. The van der Waals surface area contributed by atoms with Crippen LogP contribution in [0.1, 0.15) is 13.3 Å². The minimum absolute atomic E-state index is 0.281. The van der Waals surface area contributed by atoms with E-state index >= 15 is 0 Å². The van der Waals surface area contributed by atoms with Crippen LogP contribution in [-0.2, 0) is 0 Å². The molecule has 4 heteroatoms. The number of benzene rings is 1. The van der Waals surface area contributed by atoms with Crippen LogP contribution in [0.5, 0.6) is 0 Å². The first-order valence-corrected chi connectivity index (χ1v) is 5.63. The Kier molecular flexibility index (Phi) is 3.65. The molecule has 0 aliphatic heterocycles. The van der Waals surface area contributed by atoms with Crippen LogP contribution in [0.4, 0.5) is 10.2 Å². The molecular weight excluding hydrogens is 217 g/mol. The van der Waals surface area contributed by atoms with Gasteiger partial charge in [-0.25, -0.2) is 4.39 Å². The molecule has 0 unspecified atom stereocenters. The monoisotopic (exact) mass is 231 g/mol. The van der Waals surface area contributed by atoms with Crippen LogP contribution < -0.4 is 5.32 Å². The number of halogens is 1. The summed E-state index contributed by atoms with van der Waals surface area (Å²) in [6, 6.07) is 10.1. The number of nitrogens with zero attached hydrogens (tertiary/aromatic N) is 2. The molecule has 0 radical (unpaired) electrons. The van der Waals surface area contributed by atoms with Crippen molar-refractivity contribution in [3.05, 3.63) is 42.2 Å². The van der Waals surface area contributed by atoms with Crippen molar-refractivity contribution >= 4 is 5.82 Å². The molecular formula is C13H14FN3. The fourth-order valence-electron chi connectivity index (χ4n) is 1.49. The van der Waals surface area contributed by atoms with Crippen molar-refractivity contribution in [3.63, 3.8) is 0 Å². The van der Waals surface area contributed by atoms with E-state index in [0.717, 1.165) is 13.0 Å². The van der Waals surface area contributed by atoms with Crippen molar-refractivity contribution in [1.82, 2.24) is 10.2 Å². The Morgan fingerprint density at radius 2 is 1.94 bits per heavy atom. The summed E-state index contributed by atoms with van der Waals surface area (Å²) in [4.78, 5) is 0. The van der Waals surface area contributed by atoms with Gasteiger partial charge in [0.2, 0.25) is 0 Å².